The van der Waals surface area contributed by atoms with E-state index in [9.17, 15) is 9.59 Å². The first-order valence-corrected chi connectivity index (χ1v) is 9.53. The number of fused-ring (bicyclic) bond motifs is 1. The number of cyclic esters (lactones) is 1. The van der Waals surface area contributed by atoms with Crippen molar-refractivity contribution in [1.82, 2.24) is 10.3 Å². The summed E-state index contributed by atoms with van der Waals surface area (Å²) in [5.41, 5.74) is 2.29. The third-order valence-electron chi connectivity index (χ3n) is 5.01. The van der Waals surface area contributed by atoms with Gasteiger partial charge in [0.05, 0.1) is 24.8 Å². The molecule has 3 heterocycles. The summed E-state index contributed by atoms with van der Waals surface area (Å²) >= 11 is 0. The number of aryl methyl sites for hydroxylation is 1. The van der Waals surface area contributed by atoms with Crippen LogP contribution in [0, 0.1) is 11.3 Å². The van der Waals surface area contributed by atoms with Crippen LogP contribution >= 0.6 is 0 Å². The SMILES string of the molecule is COc1nc(NC(=O)C2CCc3cc(C#N)ccc3O2)ccc1C[C@H]1COC(=O)N1. The normalized spacial score (nSPS) is 19.5. The number of methoxy groups -OCH3 is 1. The maximum atomic E-state index is 12.7. The fraction of sp³-hybridized carbons (Fsp3) is 0.333. The lowest BCUT2D eigenvalue weighted by Gasteiger charge is -2.25. The largest absolute Gasteiger partial charge is 0.481 e. The van der Waals surface area contributed by atoms with Gasteiger partial charge in [-0.3, -0.25) is 4.79 Å². The van der Waals surface area contributed by atoms with Crippen LogP contribution in [0.3, 0.4) is 0 Å². The first kappa shape index (κ1) is 19.5. The number of pyridine rings is 1. The summed E-state index contributed by atoms with van der Waals surface area (Å²) in [6.45, 7) is 0.289. The van der Waals surface area contributed by atoms with Crippen molar-refractivity contribution in [3.8, 4) is 17.7 Å². The fourth-order valence-electron chi connectivity index (χ4n) is 3.52. The monoisotopic (exact) mass is 408 g/mol. The Bertz CT molecular complexity index is 1030. The van der Waals surface area contributed by atoms with Crippen LogP contribution in [0.4, 0.5) is 10.6 Å². The van der Waals surface area contributed by atoms with Crippen LogP contribution in [-0.2, 0) is 22.4 Å². The Morgan fingerprint density at radius 1 is 1.40 bits per heavy atom. The fourth-order valence-corrected chi connectivity index (χ4v) is 3.52. The molecule has 30 heavy (non-hydrogen) atoms. The minimum atomic E-state index is -0.649. The zero-order valence-corrected chi connectivity index (χ0v) is 16.3. The van der Waals surface area contributed by atoms with Gasteiger partial charge in [-0.2, -0.15) is 10.2 Å². The Balaban J connectivity index is 1.41. The predicted molar refractivity (Wildman–Crippen MR) is 105 cm³/mol. The molecule has 1 saturated heterocycles. The third-order valence-corrected chi connectivity index (χ3v) is 5.01. The van der Waals surface area contributed by atoms with E-state index in [0.717, 1.165) is 11.1 Å². The Kier molecular flexibility index (Phi) is 5.39. The molecule has 0 spiro atoms. The van der Waals surface area contributed by atoms with Crippen molar-refractivity contribution in [2.45, 2.75) is 31.4 Å². The number of ether oxygens (including phenoxy) is 3. The molecule has 0 saturated carbocycles. The summed E-state index contributed by atoms with van der Waals surface area (Å²) in [6.07, 6.45) is 0.569. The number of hydrogen-bond donors (Lipinski definition) is 2. The highest BCUT2D eigenvalue weighted by molar-refractivity contribution is 5.93. The molecule has 2 atom stereocenters. The molecule has 0 aliphatic carbocycles. The quantitative estimate of drug-likeness (QED) is 0.775. The van der Waals surface area contributed by atoms with Crippen molar-refractivity contribution < 1.29 is 23.8 Å². The molecule has 4 rings (SSSR count). The first-order valence-electron chi connectivity index (χ1n) is 9.53. The topological polar surface area (TPSA) is 123 Å². The molecule has 154 valence electrons. The molecule has 2 amide bonds. The number of rotatable bonds is 5. The van der Waals surface area contributed by atoms with Crippen LogP contribution in [0.15, 0.2) is 30.3 Å². The molecule has 1 aromatic heterocycles. The zero-order valence-electron chi connectivity index (χ0n) is 16.3. The standard InChI is InChI=1S/C21H20N4O5/c1-28-20-14(9-15-11-29-21(27)23-15)4-7-18(25-20)24-19(26)17-6-3-13-8-12(10-22)2-5-16(13)30-17/h2,4-5,7-8,15,17H,3,6,9,11H2,1H3,(H,23,27)(H,24,25,26)/t15-,17?/m0/s1. The second kappa shape index (κ2) is 8.29. The Hall–Kier alpha value is -3.80. The number of nitriles is 1. The Morgan fingerprint density at radius 2 is 2.27 bits per heavy atom. The molecular formula is C21H20N4O5. The predicted octanol–water partition coefficient (Wildman–Crippen LogP) is 1.95. The van der Waals surface area contributed by atoms with Gasteiger partial charge < -0.3 is 24.8 Å². The van der Waals surface area contributed by atoms with E-state index < -0.39 is 12.2 Å². The lowest BCUT2D eigenvalue weighted by atomic mass is 10.00. The molecule has 0 radical (unpaired) electrons. The minimum absolute atomic E-state index is 0.147. The molecule has 2 aliphatic heterocycles. The summed E-state index contributed by atoms with van der Waals surface area (Å²) in [5, 5.41) is 14.5. The van der Waals surface area contributed by atoms with Gasteiger partial charge in [0.1, 0.15) is 18.2 Å². The van der Waals surface area contributed by atoms with Gasteiger partial charge in [0.2, 0.25) is 5.88 Å². The Labute approximate surface area is 173 Å². The number of alkyl carbamates (subject to hydrolysis) is 1. The number of carbonyl (C=O) groups excluding carboxylic acids is 2. The van der Waals surface area contributed by atoms with Gasteiger partial charge in [-0.15, -0.1) is 0 Å². The smallest absolute Gasteiger partial charge is 0.407 e. The zero-order chi connectivity index (χ0) is 21.1. The van der Waals surface area contributed by atoms with Gasteiger partial charge in [-0.05, 0) is 48.7 Å². The molecule has 9 heteroatoms. The molecule has 2 aliphatic rings. The number of hydrogen-bond acceptors (Lipinski definition) is 7. The highest BCUT2D eigenvalue weighted by Gasteiger charge is 2.27. The highest BCUT2D eigenvalue weighted by atomic mass is 16.6. The number of aromatic nitrogens is 1. The van der Waals surface area contributed by atoms with E-state index in [2.05, 4.69) is 21.7 Å². The molecule has 1 unspecified atom stereocenters. The number of benzene rings is 1. The van der Waals surface area contributed by atoms with E-state index in [-0.39, 0.29) is 18.6 Å². The van der Waals surface area contributed by atoms with Crippen LogP contribution in [0.2, 0.25) is 0 Å². The Morgan fingerprint density at radius 3 is 3.00 bits per heavy atom. The van der Waals surface area contributed by atoms with Gasteiger partial charge in [-0.25, -0.2) is 4.79 Å². The summed E-state index contributed by atoms with van der Waals surface area (Å²) in [4.78, 5) is 28.2. The second-order valence-electron chi connectivity index (χ2n) is 7.08. The van der Waals surface area contributed by atoms with E-state index >= 15 is 0 Å². The number of carbonyl (C=O) groups is 2. The van der Waals surface area contributed by atoms with E-state index in [1.165, 1.54) is 7.11 Å². The molecule has 2 N–H and O–H groups in total. The summed E-state index contributed by atoms with van der Waals surface area (Å²) in [5.74, 6) is 1.03. The van der Waals surface area contributed by atoms with Crippen LogP contribution in [-0.4, -0.2) is 42.8 Å². The molecule has 9 nitrogen and oxygen atoms in total. The van der Waals surface area contributed by atoms with Gasteiger partial charge in [-0.1, -0.05) is 0 Å². The number of nitrogens with zero attached hydrogens (tertiary/aromatic N) is 2. The second-order valence-corrected chi connectivity index (χ2v) is 7.08. The maximum absolute atomic E-state index is 12.7. The summed E-state index contributed by atoms with van der Waals surface area (Å²) in [6, 6.07) is 10.6. The first-order chi connectivity index (χ1) is 14.6. The van der Waals surface area contributed by atoms with Crippen molar-refractivity contribution >= 4 is 17.8 Å². The minimum Gasteiger partial charge on any atom is -0.481 e. The highest BCUT2D eigenvalue weighted by Crippen LogP contribution is 2.29. The maximum Gasteiger partial charge on any atom is 0.407 e. The van der Waals surface area contributed by atoms with E-state index in [4.69, 9.17) is 19.5 Å². The summed E-state index contributed by atoms with van der Waals surface area (Å²) < 4.78 is 16.0. The van der Waals surface area contributed by atoms with Crippen LogP contribution in [0.25, 0.3) is 0 Å². The molecule has 2 aromatic rings. The number of amides is 2. The number of anilines is 1. The van der Waals surface area contributed by atoms with E-state index in [1.807, 2.05) is 0 Å². The molecule has 1 fully saturated rings. The van der Waals surface area contributed by atoms with E-state index in [1.54, 1.807) is 30.3 Å². The van der Waals surface area contributed by atoms with Crippen molar-refractivity contribution in [2.24, 2.45) is 0 Å². The lowest BCUT2D eigenvalue weighted by Crippen LogP contribution is -2.36. The van der Waals surface area contributed by atoms with Gasteiger partial charge in [0, 0.05) is 12.0 Å². The van der Waals surface area contributed by atoms with Gasteiger partial charge in [0.25, 0.3) is 5.91 Å². The van der Waals surface area contributed by atoms with Crippen molar-refractivity contribution in [2.75, 3.05) is 19.0 Å². The lowest BCUT2D eigenvalue weighted by molar-refractivity contribution is -0.123. The van der Waals surface area contributed by atoms with Crippen LogP contribution < -0.4 is 20.1 Å². The summed E-state index contributed by atoms with van der Waals surface area (Å²) in [7, 11) is 1.50. The van der Waals surface area contributed by atoms with E-state index in [0.29, 0.717) is 42.3 Å². The van der Waals surface area contributed by atoms with Gasteiger partial charge >= 0.3 is 6.09 Å². The molecular weight excluding hydrogens is 388 g/mol. The van der Waals surface area contributed by atoms with Gasteiger partial charge in [0.15, 0.2) is 6.10 Å². The average Bonchev–Trinajstić information content (AvgIpc) is 3.18. The van der Waals surface area contributed by atoms with Crippen molar-refractivity contribution in [3.05, 3.63) is 47.0 Å². The molecule has 1 aromatic carbocycles. The number of nitrogens with one attached hydrogen (secondary N) is 2. The van der Waals surface area contributed by atoms with Crippen LogP contribution in [0.1, 0.15) is 23.1 Å². The van der Waals surface area contributed by atoms with Crippen LogP contribution in [0.5, 0.6) is 11.6 Å². The van der Waals surface area contributed by atoms with Crippen molar-refractivity contribution in [3.63, 3.8) is 0 Å². The third kappa shape index (κ3) is 4.12. The van der Waals surface area contributed by atoms with Crippen molar-refractivity contribution in [1.29, 1.82) is 5.26 Å². The average molecular weight is 408 g/mol. The molecule has 0 bridgehead atoms.